The van der Waals surface area contributed by atoms with Crippen molar-refractivity contribution in [3.05, 3.63) is 57.3 Å². The van der Waals surface area contributed by atoms with Crippen molar-refractivity contribution in [2.24, 2.45) is 0 Å². The standard InChI is InChI=1S/C19H17Cl3FN3O5/c20-13-3-1-11(5-15(13)22)30-8-18(28)24-7-17(27)25-10-26-19(29)9-31-12-2-4-14(21)16(23)6-12/h1-6H,7-10H2,(H,24,28)(H,25,27)(H,26,29). The van der Waals surface area contributed by atoms with E-state index in [1.54, 1.807) is 6.07 Å². The van der Waals surface area contributed by atoms with Gasteiger partial charge < -0.3 is 25.4 Å². The Hall–Kier alpha value is -2.75. The number of carbonyl (C=O) groups excluding carboxylic acids is 3. The molecule has 0 atom stereocenters. The highest BCUT2D eigenvalue weighted by molar-refractivity contribution is 6.42. The summed E-state index contributed by atoms with van der Waals surface area (Å²) in [7, 11) is 0. The molecule has 3 N–H and O–H groups in total. The Morgan fingerprint density at radius 2 is 1.29 bits per heavy atom. The van der Waals surface area contributed by atoms with Crippen LogP contribution in [0.15, 0.2) is 36.4 Å². The highest BCUT2D eigenvalue weighted by Crippen LogP contribution is 2.26. The second-order valence-electron chi connectivity index (χ2n) is 5.88. The lowest BCUT2D eigenvalue weighted by atomic mass is 10.3. The maximum absolute atomic E-state index is 13.3. The minimum atomic E-state index is -0.670. The van der Waals surface area contributed by atoms with E-state index in [0.29, 0.717) is 10.8 Å². The molecule has 0 heterocycles. The summed E-state index contributed by atoms with van der Waals surface area (Å²) in [6, 6.07) is 8.29. The van der Waals surface area contributed by atoms with Gasteiger partial charge in [-0.2, -0.15) is 0 Å². The minimum Gasteiger partial charge on any atom is -0.484 e. The third-order valence-electron chi connectivity index (χ3n) is 3.54. The van der Waals surface area contributed by atoms with Crippen LogP contribution in [0.1, 0.15) is 0 Å². The second kappa shape index (κ2) is 12.2. The number of halogens is 4. The zero-order valence-electron chi connectivity index (χ0n) is 15.8. The van der Waals surface area contributed by atoms with E-state index >= 15 is 0 Å². The van der Waals surface area contributed by atoms with Crippen LogP contribution in [0.5, 0.6) is 11.5 Å². The predicted molar refractivity (Wildman–Crippen MR) is 113 cm³/mol. The lowest BCUT2D eigenvalue weighted by molar-refractivity contribution is -0.127. The number of rotatable bonds is 10. The molecule has 2 rings (SSSR count). The Balaban J connectivity index is 1.58. The summed E-state index contributed by atoms with van der Waals surface area (Å²) in [5, 5.41) is 7.69. The van der Waals surface area contributed by atoms with Gasteiger partial charge in [0.1, 0.15) is 17.3 Å². The number of benzene rings is 2. The first-order valence-electron chi connectivity index (χ1n) is 8.70. The van der Waals surface area contributed by atoms with Crippen molar-refractivity contribution >= 4 is 52.5 Å². The summed E-state index contributed by atoms with van der Waals surface area (Å²) in [5.41, 5.74) is 0. The van der Waals surface area contributed by atoms with E-state index in [0.717, 1.165) is 6.07 Å². The quantitative estimate of drug-likeness (QED) is 0.442. The van der Waals surface area contributed by atoms with Crippen LogP contribution in [0.3, 0.4) is 0 Å². The number of hydrogen-bond acceptors (Lipinski definition) is 5. The van der Waals surface area contributed by atoms with Crippen LogP contribution in [0.25, 0.3) is 0 Å². The first-order valence-corrected chi connectivity index (χ1v) is 9.84. The fourth-order valence-corrected chi connectivity index (χ4v) is 2.42. The van der Waals surface area contributed by atoms with Gasteiger partial charge in [0.25, 0.3) is 11.8 Å². The molecular weight excluding hydrogens is 476 g/mol. The fourth-order valence-electron chi connectivity index (χ4n) is 2.02. The van der Waals surface area contributed by atoms with Gasteiger partial charge in [0, 0.05) is 12.1 Å². The van der Waals surface area contributed by atoms with E-state index in [1.807, 2.05) is 0 Å². The van der Waals surface area contributed by atoms with E-state index in [9.17, 15) is 18.8 Å². The van der Waals surface area contributed by atoms with Crippen molar-refractivity contribution in [1.29, 1.82) is 0 Å². The summed E-state index contributed by atoms with van der Waals surface area (Å²) in [4.78, 5) is 35.1. The number of hydrogen-bond donors (Lipinski definition) is 3. The molecule has 2 aromatic carbocycles. The second-order valence-corrected chi connectivity index (χ2v) is 7.10. The van der Waals surface area contributed by atoms with Crippen LogP contribution < -0.4 is 25.4 Å². The number of ether oxygens (including phenoxy) is 2. The van der Waals surface area contributed by atoms with E-state index in [-0.39, 0.29) is 42.2 Å². The molecular formula is C19H17Cl3FN3O5. The van der Waals surface area contributed by atoms with Gasteiger partial charge >= 0.3 is 0 Å². The molecule has 12 heteroatoms. The van der Waals surface area contributed by atoms with Crippen LogP contribution in [0, 0.1) is 5.82 Å². The van der Waals surface area contributed by atoms with E-state index in [2.05, 4.69) is 16.0 Å². The SMILES string of the molecule is O=C(CNC(=O)COc1ccc(Cl)c(Cl)c1)NCNC(=O)COc1ccc(Cl)c(F)c1. The van der Waals surface area contributed by atoms with E-state index in [1.165, 1.54) is 24.3 Å². The van der Waals surface area contributed by atoms with Crippen molar-refractivity contribution in [3.63, 3.8) is 0 Å². The van der Waals surface area contributed by atoms with Gasteiger partial charge in [0.05, 0.1) is 28.3 Å². The first-order chi connectivity index (χ1) is 14.7. The van der Waals surface area contributed by atoms with Crippen LogP contribution in [-0.2, 0) is 14.4 Å². The Bertz CT molecular complexity index is 961. The molecule has 0 radical (unpaired) electrons. The van der Waals surface area contributed by atoms with Gasteiger partial charge in [-0.25, -0.2) is 4.39 Å². The predicted octanol–water partition coefficient (Wildman–Crippen LogP) is 2.55. The maximum atomic E-state index is 13.3. The van der Waals surface area contributed by atoms with Crippen LogP contribution in [0.4, 0.5) is 4.39 Å². The Labute approximate surface area is 191 Å². The average Bonchev–Trinajstić information content (AvgIpc) is 2.74. The zero-order chi connectivity index (χ0) is 22.8. The summed E-state index contributed by atoms with van der Waals surface area (Å²) in [6.45, 7) is -1.23. The Morgan fingerprint density at radius 3 is 1.90 bits per heavy atom. The molecule has 2 aromatic rings. The molecule has 0 saturated carbocycles. The third kappa shape index (κ3) is 8.87. The number of nitrogens with one attached hydrogen (secondary N) is 3. The third-order valence-corrected chi connectivity index (χ3v) is 4.58. The molecule has 0 aliphatic carbocycles. The first kappa shape index (κ1) is 24.5. The minimum absolute atomic E-state index is 0.0625. The molecule has 8 nitrogen and oxygen atoms in total. The topological polar surface area (TPSA) is 106 Å². The molecule has 0 bridgehead atoms. The van der Waals surface area contributed by atoms with Crippen LogP contribution in [-0.4, -0.2) is 44.1 Å². The summed E-state index contributed by atoms with van der Waals surface area (Å²) in [6.07, 6.45) is 0. The molecule has 0 aromatic heterocycles. The van der Waals surface area contributed by atoms with Crippen molar-refractivity contribution < 1.29 is 28.2 Å². The lowest BCUT2D eigenvalue weighted by Gasteiger charge is -2.10. The van der Waals surface area contributed by atoms with Gasteiger partial charge in [0.2, 0.25) is 5.91 Å². The van der Waals surface area contributed by atoms with Crippen molar-refractivity contribution in [2.75, 3.05) is 26.4 Å². The molecule has 31 heavy (non-hydrogen) atoms. The van der Waals surface area contributed by atoms with Crippen LogP contribution in [0.2, 0.25) is 15.1 Å². The highest BCUT2D eigenvalue weighted by atomic mass is 35.5. The Morgan fingerprint density at radius 1 is 0.742 bits per heavy atom. The molecule has 0 unspecified atom stereocenters. The van der Waals surface area contributed by atoms with Crippen molar-refractivity contribution in [2.45, 2.75) is 0 Å². The van der Waals surface area contributed by atoms with E-state index in [4.69, 9.17) is 44.3 Å². The fraction of sp³-hybridized carbons (Fsp3) is 0.211. The van der Waals surface area contributed by atoms with Gasteiger partial charge in [0.15, 0.2) is 13.2 Å². The maximum Gasteiger partial charge on any atom is 0.259 e. The van der Waals surface area contributed by atoms with Gasteiger partial charge in [-0.05, 0) is 24.3 Å². The molecule has 0 aliphatic rings. The van der Waals surface area contributed by atoms with Gasteiger partial charge in [-0.1, -0.05) is 34.8 Å². The average molecular weight is 493 g/mol. The number of carbonyl (C=O) groups is 3. The van der Waals surface area contributed by atoms with Crippen LogP contribution >= 0.6 is 34.8 Å². The normalized spacial score (nSPS) is 10.2. The van der Waals surface area contributed by atoms with Crippen molar-refractivity contribution in [3.8, 4) is 11.5 Å². The largest absolute Gasteiger partial charge is 0.484 e. The molecule has 0 spiro atoms. The molecule has 0 saturated heterocycles. The Kier molecular flexibility index (Phi) is 9.64. The van der Waals surface area contributed by atoms with Gasteiger partial charge in [-0.3, -0.25) is 14.4 Å². The summed E-state index contributed by atoms with van der Waals surface area (Å²) >= 11 is 17.2. The monoisotopic (exact) mass is 491 g/mol. The summed E-state index contributed by atoms with van der Waals surface area (Å²) < 4.78 is 23.6. The summed E-state index contributed by atoms with van der Waals surface area (Å²) in [5.74, 6) is -1.81. The lowest BCUT2D eigenvalue weighted by Crippen LogP contribution is -2.44. The van der Waals surface area contributed by atoms with Gasteiger partial charge in [-0.15, -0.1) is 0 Å². The highest BCUT2D eigenvalue weighted by Gasteiger charge is 2.09. The number of amides is 3. The smallest absolute Gasteiger partial charge is 0.259 e. The van der Waals surface area contributed by atoms with E-state index < -0.39 is 23.5 Å². The van der Waals surface area contributed by atoms with Crippen molar-refractivity contribution in [1.82, 2.24) is 16.0 Å². The zero-order valence-corrected chi connectivity index (χ0v) is 18.1. The molecule has 0 aliphatic heterocycles. The molecule has 3 amide bonds. The molecule has 0 fully saturated rings. The molecule has 166 valence electrons.